The second-order valence-electron chi connectivity index (χ2n) is 4.47. The lowest BCUT2D eigenvalue weighted by atomic mass is 10.1. The van der Waals surface area contributed by atoms with Gasteiger partial charge in [-0.15, -0.1) is 0 Å². The monoisotopic (exact) mass is 275 g/mol. The fourth-order valence-electron chi connectivity index (χ4n) is 1.93. The van der Waals surface area contributed by atoms with Crippen LogP contribution in [0, 0.1) is 0 Å². The maximum atomic E-state index is 11.9. The summed E-state index contributed by atoms with van der Waals surface area (Å²) in [5, 5.41) is 11.6. The Morgan fingerprint density at radius 2 is 2.33 bits per heavy atom. The maximum absolute atomic E-state index is 11.9. The van der Waals surface area contributed by atoms with Gasteiger partial charge in [0.25, 0.3) is 0 Å². The van der Waals surface area contributed by atoms with Crippen molar-refractivity contribution in [2.24, 2.45) is 5.73 Å². The lowest BCUT2D eigenvalue weighted by molar-refractivity contribution is -0.139. The van der Waals surface area contributed by atoms with Gasteiger partial charge in [-0.3, -0.25) is 0 Å². The van der Waals surface area contributed by atoms with Crippen LogP contribution >= 0.6 is 11.8 Å². The summed E-state index contributed by atoms with van der Waals surface area (Å²) in [6, 6.07) is -1.14. The number of carboxylic acids is 1. The summed E-state index contributed by atoms with van der Waals surface area (Å²) < 4.78 is 0. The van der Waals surface area contributed by atoms with Crippen molar-refractivity contribution in [2.75, 3.05) is 25.1 Å². The molecule has 0 aliphatic carbocycles. The molecule has 0 bridgehead atoms. The Morgan fingerprint density at radius 3 is 2.89 bits per heavy atom. The Bertz CT molecular complexity index is 301. The number of urea groups is 1. The van der Waals surface area contributed by atoms with Crippen LogP contribution in [0.2, 0.25) is 0 Å². The first kappa shape index (κ1) is 15.1. The van der Waals surface area contributed by atoms with Crippen LogP contribution in [0.1, 0.15) is 19.3 Å². The average molecular weight is 275 g/mol. The third-order valence-electron chi connectivity index (χ3n) is 2.95. The van der Waals surface area contributed by atoms with E-state index in [-0.39, 0.29) is 12.1 Å². The van der Waals surface area contributed by atoms with Crippen LogP contribution in [0.5, 0.6) is 0 Å². The van der Waals surface area contributed by atoms with Gasteiger partial charge in [-0.2, -0.15) is 11.8 Å². The summed E-state index contributed by atoms with van der Waals surface area (Å²) in [6.07, 6.45) is 4.13. The molecule has 0 saturated carbocycles. The topological polar surface area (TPSA) is 95.7 Å². The maximum Gasteiger partial charge on any atom is 0.326 e. The minimum Gasteiger partial charge on any atom is -0.480 e. The fourth-order valence-corrected chi connectivity index (χ4v) is 2.40. The highest BCUT2D eigenvalue weighted by Crippen LogP contribution is 2.09. The van der Waals surface area contributed by atoms with Crippen LogP contribution in [0.4, 0.5) is 4.79 Å². The van der Waals surface area contributed by atoms with E-state index < -0.39 is 12.0 Å². The predicted octanol–water partition coefficient (Wildman–Crippen LogP) is 0.325. The number of hydrogen-bond acceptors (Lipinski definition) is 4. The van der Waals surface area contributed by atoms with Gasteiger partial charge >= 0.3 is 12.0 Å². The van der Waals surface area contributed by atoms with Crippen LogP contribution in [-0.2, 0) is 4.79 Å². The zero-order valence-corrected chi connectivity index (χ0v) is 11.4. The Morgan fingerprint density at radius 1 is 1.61 bits per heavy atom. The standard InChI is InChI=1S/C11H21N3O3S/c1-18-6-4-9(10(15)16)13-11(17)14-5-2-3-8(12)7-14/h8-9H,2-7,12H2,1H3,(H,13,17)(H,15,16)/t8?,9-/m1/s1. The van der Waals surface area contributed by atoms with Gasteiger partial charge in [0.15, 0.2) is 0 Å². The highest BCUT2D eigenvalue weighted by Gasteiger charge is 2.25. The number of nitrogens with zero attached hydrogens (tertiary/aromatic N) is 1. The van der Waals surface area contributed by atoms with Gasteiger partial charge in [-0.05, 0) is 31.3 Å². The smallest absolute Gasteiger partial charge is 0.326 e. The number of carboxylic acid groups (broad SMARTS) is 1. The number of rotatable bonds is 5. The van der Waals surface area contributed by atoms with E-state index in [2.05, 4.69) is 5.32 Å². The molecule has 1 unspecified atom stereocenters. The fraction of sp³-hybridized carbons (Fsp3) is 0.818. The first-order valence-electron chi connectivity index (χ1n) is 6.07. The molecule has 7 heteroatoms. The number of carbonyl (C=O) groups is 2. The largest absolute Gasteiger partial charge is 0.480 e. The minimum atomic E-state index is -0.987. The van der Waals surface area contributed by atoms with Crippen molar-refractivity contribution in [3.8, 4) is 0 Å². The van der Waals surface area contributed by atoms with Crippen molar-refractivity contribution in [2.45, 2.75) is 31.3 Å². The summed E-state index contributed by atoms with van der Waals surface area (Å²) in [7, 11) is 0. The molecule has 0 spiro atoms. The Kier molecular flexibility index (Phi) is 6.28. The van der Waals surface area contributed by atoms with Gasteiger partial charge in [0.05, 0.1) is 0 Å². The van der Waals surface area contributed by atoms with E-state index in [1.165, 1.54) is 0 Å². The molecule has 6 nitrogen and oxygen atoms in total. The molecular formula is C11H21N3O3S. The van der Waals surface area contributed by atoms with Crippen LogP contribution in [-0.4, -0.2) is 59.2 Å². The molecular weight excluding hydrogens is 254 g/mol. The normalized spacial score (nSPS) is 21.4. The van der Waals surface area contributed by atoms with Gasteiger partial charge in [0.2, 0.25) is 0 Å². The second-order valence-corrected chi connectivity index (χ2v) is 5.46. The Balaban J connectivity index is 2.46. The highest BCUT2D eigenvalue weighted by atomic mass is 32.2. The zero-order chi connectivity index (χ0) is 13.5. The van der Waals surface area contributed by atoms with Gasteiger partial charge in [0.1, 0.15) is 6.04 Å². The van der Waals surface area contributed by atoms with E-state index in [1.807, 2.05) is 6.26 Å². The molecule has 1 saturated heterocycles. The van der Waals surface area contributed by atoms with Gasteiger partial charge in [-0.25, -0.2) is 9.59 Å². The molecule has 1 rings (SSSR count). The van der Waals surface area contributed by atoms with Crippen LogP contribution in [0.15, 0.2) is 0 Å². The molecule has 1 heterocycles. The predicted molar refractivity (Wildman–Crippen MR) is 71.7 cm³/mol. The number of nitrogens with one attached hydrogen (secondary N) is 1. The molecule has 0 aromatic rings. The molecule has 2 atom stereocenters. The van der Waals surface area contributed by atoms with Gasteiger partial charge in [0, 0.05) is 19.1 Å². The third-order valence-corrected chi connectivity index (χ3v) is 3.60. The number of nitrogens with two attached hydrogens (primary N) is 1. The van der Waals surface area contributed by atoms with Gasteiger partial charge < -0.3 is 21.1 Å². The van der Waals surface area contributed by atoms with Crippen LogP contribution in [0.3, 0.4) is 0 Å². The first-order chi connectivity index (χ1) is 8.54. The van der Waals surface area contributed by atoms with Crippen molar-refractivity contribution in [3.63, 3.8) is 0 Å². The number of likely N-dealkylation sites (tertiary alicyclic amines) is 1. The minimum absolute atomic E-state index is 0.000949. The van der Waals surface area contributed by atoms with Crippen molar-refractivity contribution >= 4 is 23.8 Å². The van der Waals surface area contributed by atoms with Crippen LogP contribution in [0.25, 0.3) is 0 Å². The molecule has 18 heavy (non-hydrogen) atoms. The molecule has 1 aliphatic heterocycles. The lowest BCUT2D eigenvalue weighted by Crippen LogP contribution is -2.53. The van der Waals surface area contributed by atoms with Crippen LogP contribution < -0.4 is 11.1 Å². The first-order valence-corrected chi connectivity index (χ1v) is 7.46. The number of piperidine rings is 1. The third kappa shape index (κ3) is 4.73. The molecule has 4 N–H and O–H groups in total. The molecule has 0 aromatic carbocycles. The molecule has 0 radical (unpaired) electrons. The lowest BCUT2D eigenvalue weighted by Gasteiger charge is -2.31. The number of aliphatic carboxylic acids is 1. The number of carbonyl (C=O) groups excluding carboxylic acids is 1. The molecule has 0 aromatic heterocycles. The summed E-state index contributed by atoms with van der Waals surface area (Å²) in [6.45, 7) is 1.15. The Labute approximate surface area is 111 Å². The molecule has 1 fully saturated rings. The van der Waals surface area contributed by atoms with E-state index in [1.54, 1.807) is 16.7 Å². The van der Waals surface area contributed by atoms with E-state index in [9.17, 15) is 9.59 Å². The zero-order valence-electron chi connectivity index (χ0n) is 10.6. The van der Waals surface area contributed by atoms with E-state index in [0.29, 0.717) is 25.3 Å². The number of thioether (sulfide) groups is 1. The van der Waals surface area contributed by atoms with Crippen molar-refractivity contribution in [1.29, 1.82) is 0 Å². The summed E-state index contributed by atoms with van der Waals surface area (Å²) in [5.74, 6) is -0.282. The average Bonchev–Trinajstić information content (AvgIpc) is 2.33. The SMILES string of the molecule is CSCC[C@@H](NC(=O)N1CCCC(N)C1)C(=O)O. The molecule has 2 amide bonds. The summed E-state index contributed by atoms with van der Waals surface area (Å²) in [4.78, 5) is 24.5. The van der Waals surface area contributed by atoms with Gasteiger partial charge in [-0.1, -0.05) is 0 Å². The molecule has 104 valence electrons. The van der Waals surface area contributed by atoms with E-state index >= 15 is 0 Å². The highest BCUT2D eigenvalue weighted by molar-refractivity contribution is 7.98. The van der Waals surface area contributed by atoms with E-state index in [4.69, 9.17) is 10.8 Å². The number of amides is 2. The summed E-state index contributed by atoms with van der Waals surface area (Å²) in [5.41, 5.74) is 5.79. The van der Waals surface area contributed by atoms with Crippen molar-refractivity contribution in [1.82, 2.24) is 10.2 Å². The summed E-state index contributed by atoms with van der Waals surface area (Å²) >= 11 is 1.56. The van der Waals surface area contributed by atoms with Crippen molar-refractivity contribution in [3.05, 3.63) is 0 Å². The van der Waals surface area contributed by atoms with Crippen molar-refractivity contribution < 1.29 is 14.7 Å². The number of hydrogen-bond donors (Lipinski definition) is 3. The quantitative estimate of drug-likeness (QED) is 0.672. The second kappa shape index (κ2) is 7.48. The van der Waals surface area contributed by atoms with E-state index in [0.717, 1.165) is 12.8 Å². The Hall–Kier alpha value is -0.950. The molecule has 1 aliphatic rings.